The number of nitrogens with one attached hydrogen (secondary N) is 1. The number of aromatic hydroxyl groups is 1. The van der Waals surface area contributed by atoms with E-state index in [1.54, 1.807) is 12.1 Å². The molecule has 1 heterocycles. The van der Waals surface area contributed by atoms with Crippen molar-refractivity contribution in [2.75, 3.05) is 4.72 Å². The molecule has 0 radical (unpaired) electrons. The molecule has 7 heteroatoms. The second-order valence-electron chi connectivity index (χ2n) is 3.84. The Balaban J connectivity index is 2.30. The zero-order valence-corrected chi connectivity index (χ0v) is 12.4. The highest BCUT2D eigenvalue weighted by molar-refractivity contribution is 7.94. The Hall–Kier alpha value is -1.24. The van der Waals surface area contributed by atoms with Crippen molar-refractivity contribution >= 4 is 38.6 Å². The van der Waals surface area contributed by atoms with Crippen molar-refractivity contribution in [3.05, 3.63) is 40.2 Å². The maximum Gasteiger partial charge on any atom is 0.271 e. The number of hydrogen-bond acceptors (Lipinski definition) is 4. The Labute approximate surface area is 120 Å². The number of benzene rings is 1. The molecule has 102 valence electrons. The van der Waals surface area contributed by atoms with E-state index in [1.165, 1.54) is 29.5 Å². The number of aryl methyl sites for hydroxylation is 1. The van der Waals surface area contributed by atoms with Crippen molar-refractivity contribution in [2.45, 2.75) is 17.6 Å². The van der Waals surface area contributed by atoms with Crippen LogP contribution in [0.25, 0.3) is 0 Å². The molecule has 0 saturated carbocycles. The van der Waals surface area contributed by atoms with Crippen LogP contribution in [0.5, 0.6) is 5.75 Å². The van der Waals surface area contributed by atoms with E-state index < -0.39 is 10.0 Å². The van der Waals surface area contributed by atoms with Crippen LogP contribution < -0.4 is 4.72 Å². The van der Waals surface area contributed by atoms with Gasteiger partial charge in [-0.2, -0.15) is 0 Å². The topological polar surface area (TPSA) is 66.4 Å². The Morgan fingerprint density at radius 2 is 2.05 bits per heavy atom. The van der Waals surface area contributed by atoms with Gasteiger partial charge in [0.05, 0.1) is 5.69 Å². The SMILES string of the molecule is CCc1ccc(S(=O)(=O)Nc2ccc(Cl)cc2O)s1. The van der Waals surface area contributed by atoms with E-state index in [9.17, 15) is 13.5 Å². The molecule has 2 N–H and O–H groups in total. The van der Waals surface area contributed by atoms with E-state index in [0.29, 0.717) is 5.02 Å². The van der Waals surface area contributed by atoms with E-state index >= 15 is 0 Å². The fourth-order valence-corrected chi connectivity index (χ4v) is 4.01. The minimum absolute atomic E-state index is 0.107. The van der Waals surface area contributed by atoms with Gasteiger partial charge < -0.3 is 5.11 Å². The smallest absolute Gasteiger partial charge is 0.271 e. The number of anilines is 1. The van der Waals surface area contributed by atoms with Gasteiger partial charge in [0.2, 0.25) is 0 Å². The number of hydrogen-bond donors (Lipinski definition) is 2. The van der Waals surface area contributed by atoms with Gasteiger partial charge in [-0.1, -0.05) is 18.5 Å². The predicted molar refractivity (Wildman–Crippen MR) is 77.6 cm³/mol. The lowest BCUT2D eigenvalue weighted by Crippen LogP contribution is -2.11. The summed E-state index contributed by atoms with van der Waals surface area (Å²) < 4.78 is 26.8. The predicted octanol–water partition coefficient (Wildman–Crippen LogP) is 3.47. The molecule has 2 rings (SSSR count). The second-order valence-corrected chi connectivity index (χ2v) is 7.36. The fourth-order valence-electron chi connectivity index (χ4n) is 1.48. The lowest BCUT2D eigenvalue weighted by Gasteiger charge is -2.08. The van der Waals surface area contributed by atoms with Crippen LogP contribution in [-0.4, -0.2) is 13.5 Å². The molecule has 0 aliphatic rings. The Kier molecular flexibility index (Phi) is 4.03. The Morgan fingerprint density at radius 3 is 2.63 bits per heavy atom. The molecule has 1 aromatic carbocycles. The number of rotatable bonds is 4. The zero-order chi connectivity index (χ0) is 14.0. The largest absolute Gasteiger partial charge is 0.506 e. The third-order valence-electron chi connectivity index (χ3n) is 2.45. The van der Waals surface area contributed by atoms with Crippen molar-refractivity contribution < 1.29 is 13.5 Å². The van der Waals surface area contributed by atoms with Gasteiger partial charge in [0.25, 0.3) is 10.0 Å². The maximum absolute atomic E-state index is 12.1. The van der Waals surface area contributed by atoms with Crippen LogP contribution in [0.3, 0.4) is 0 Å². The van der Waals surface area contributed by atoms with Gasteiger partial charge in [-0.25, -0.2) is 8.42 Å². The third kappa shape index (κ3) is 3.20. The average Bonchev–Trinajstić information content (AvgIpc) is 2.82. The molecule has 0 spiro atoms. The standard InChI is InChI=1S/C12H12ClNO3S2/c1-2-9-4-6-12(18-9)19(16,17)14-10-5-3-8(13)7-11(10)15/h3-7,14-15H,2H2,1H3. The quantitative estimate of drug-likeness (QED) is 0.848. The highest BCUT2D eigenvalue weighted by Gasteiger charge is 2.18. The second kappa shape index (κ2) is 5.40. The molecule has 0 aliphatic heterocycles. The van der Waals surface area contributed by atoms with Crippen LogP contribution in [0.1, 0.15) is 11.8 Å². The lowest BCUT2D eigenvalue weighted by molar-refractivity contribution is 0.477. The fraction of sp³-hybridized carbons (Fsp3) is 0.167. The first kappa shape index (κ1) is 14.2. The van der Waals surface area contributed by atoms with E-state index in [0.717, 1.165) is 11.3 Å². The normalized spacial score (nSPS) is 11.5. The van der Waals surface area contributed by atoms with Crippen molar-refractivity contribution in [2.24, 2.45) is 0 Å². The maximum atomic E-state index is 12.1. The molecule has 2 aromatic rings. The van der Waals surface area contributed by atoms with E-state index in [4.69, 9.17) is 11.6 Å². The molecule has 19 heavy (non-hydrogen) atoms. The van der Waals surface area contributed by atoms with Gasteiger partial charge in [-0.3, -0.25) is 4.72 Å². The molecule has 0 bridgehead atoms. The van der Waals surface area contributed by atoms with Gasteiger partial charge in [0, 0.05) is 16.0 Å². The molecule has 0 saturated heterocycles. The first-order chi connectivity index (χ1) is 8.92. The molecule has 0 aliphatic carbocycles. The van der Waals surface area contributed by atoms with E-state index in [-0.39, 0.29) is 15.6 Å². The van der Waals surface area contributed by atoms with Gasteiger partial charge in [0.1, 0.15) is 9.96 Å². The van der Waals surface area contributed by atoms with Crippen LogP contribution in [0, 0.1) is 0 Å². The van der Waals surface area contributed by atoms with Gasteiger partial charge in [-0.15, -0.1) is 11.3 Å². The highest BCUT2D eigenvalue weighted by atomic mass is 35.5. The van der Waals surface area contributed by atoms with Crippen molar-refractivity contribution in [3.8, 4) is 5.75 Å². The summed E-state index contributed by atoms with van der Waals surface area (Å²) in [7, 11) is -3.67. The monoisotopic (exact) mass is 317 g/mol. The first-order valence-corrected chi connectivity index (χ1v) is 8.20. The molecular formula is C12H12ClNO3S2. The molecule has 1 aromatic heterocycles. The van der Waals surface area contributed by atoms with Crippen LogP contribution in [-0.2, 0) is 16.4 Å². The van der Waals surface area contributed by atoms with E-state index in [2.05, 4.69) is 4.72 Å². The summed E-state index contributed by atoms with van der Waals surface area (Å²) in [4.78, 5) is 0.987. The summed E-state index contributed by atoms with van der Waals surface area (Å²) in [6.07, 6.45) is 0.784. The highest BCUT2D eigenvalue weighted by Crippen LogP contribution is 2.30. The summed E-state index contributed by atoms with van der Waals surface area (Å²) >= 11 is 6.90. The van der Waals surface area contributed by atoms with E-state index in [1.807, 2.05) is 6.92 Å². The van der Waals surface area contributed by atoms with Gasteiger partial charge in [0.15, 0.2) is 0 Å². The zero-order valence-electron chi connectivity index (χ0n) is 10.1. The van der Waals surface area contributed by atoms with Crippen LogP contribution in [0.15, 0.2) is 34.5 Å². The van der Waals surface area contributed by atoms with Gasteiger partial charge in [-0.05, 0) is 30.7 Å². The Bertz CT molecular complexity index is 695. The summed E-state index contributed by atoms with van der Waals surface area (Å²) in [5.74, 6) is -0.205. The number of sulfonamides is 1. The number of phenols is 1. The van der Waals surface area contributed by atoms with Crippen LogP contribution >= 0.6 is 22.9 Å². The molecule has 4 nitrogen and oxygen atoms in total. The summed E-state index contributed by atoms with van der Waals surface area (Å²) in [5.41, 5.74) is 0.107. The molecule has 0 fully saturated rings. The summed E-state index contributed by atoms with van der Waals surface area (Å²) in [5, 5.41) is 9.98. The van der Waals surface area contributed by atoms with Crippen molar-refractivity contribution in [1.29, 1.82) is 0 Å². The number of halogens is 1. The van der Waals surface area contributed by atoms with Crippen molar-refractivity contribution in [3.63, 3.8) is 0 Å². The lowest BCUT2D eigenvalue weighted by atomic mass is 10.3. The minimum Gasteiger partial charge on any atom is -0.506 e. The van der Waals surface area contributed by atoms with Crippen LogP contribution in [0.2, 0.25) is 5.02 Å². The molecule has 0 atom stereocenters. The number of thiophene rings is 1. The van der Waals surface area contributed by atoms with Crippen LogP contribution in [0.4, 0.5) is 5.69 Å². The third-order valence-corrected chi connectivity index (χ3v) is 5.78. The summed E-state index contributed by atoms with van der Waals surface area (Å²) in [6, 6.07) is 7.54. The number of phenolic OH excluding ortho intramolecular Hbond substituents is 1. The Morgan fingerprint density at radius 1 is 1.32 bits per heavy atom. The van der Waals surface area contributed by atoms with Crippen molar-refractivity contribution in [1.82, 2.24) is 0 Å². The average molecular weight is 318 g/mol. The summed E-state index contributed by atoms with van der Waals surface area (Å²) in [6.45, 7) is 1.96. The molecule has 0 unspecified atom stereocenters. The van der Waals surface area contributed by atoms with Gasteiger partial charge >= 0.3 is 0 Å². The minimum atomic E-state index is -3.67. The first-order valence-electron chi connectivity index (χ1n) is 5.52. The molecular weight excluding hydrogens is 306 g/mol. The molecule has 0 amide bonds.